The number of hydrogen-bond acceptors (Lipinski definition) is 5. The molecule has 0 saturated heterocycles. The molecule has 2 rings (SSSR count). The second kappa shape index (κ2) is 8.28. The summed E-state index contributed by atoms with van der Waals surface area (Å²) in [6.07, 6.45) is 6.06. The van der Waals surface area contributed by atoms with Gasteiger partial charge in [0.2, 0.25) is 5.91 Å². The van der Waals surface area contributed by atoms with Crippen molar-refractivity contribution in [2.24, 2.45) is 0 Å². The molecule has 2 amide bonds. The molecule has 8 heteroatoms. The molecular weight excluding hydrogens is 332 g/mol. The fourth-order valence-electron chi connectivity index (χ4n) is 2.39. The lowest BCUT2D eigenvalue weighted by molar-refractivity contribution is -0.116. The summed E-state index contributed by atoms with van der Waals surface area (Å²) >= 11 is 0. The zero-order valence-corrected chi connectivity index (χ0v) is 15.2. The Bertz CT molecular complexity index is 826. The number of H-pyrrole nitrogens is 1. The van der Waals surface area contributed by atoms with E-state index in [0.717, 1.165) is 0 Å². The van der Waals surface area contributed by atoms with Crippen LogP contribution < -0.4 is 15.5 Å². The van der Waals surface area contributed by atoms with Gasteiger partial charge >= 0.3 is 0 Å². The summed E-state index contributed by atoms with van der Waals surface area (Å²) in [5.41, 5.74) is 1.48. The standard InChI is InChI=1S/C18H24N6O2/c1-6-12(22-15(25)7-2)10-24(5)14-9-20-17-16(23-14)13(8-19-17)18(26)21-11(3)4/h6-9,11-12H,1-2,10H2,3-5H3,(H,19,20)(H,21,26)(H,22,25)/t12-/m1/s1. The first kappa shape index (κ1) is 19.2. The monoisotopic (exact) mass is 356 g/mol. The van der Waals surface area contributed by atoms with E-state index in [0.29, 0.717) is 29.1 Å². The second-order valence-corrected chi connectivity index (χ2v) is 6.19. The molecule has 3 N–H and O–H groups in total. The molecule has 1 atom stereocenters. The number of aromatic nitrogens is 3. The zero-order chi connectivity index (χ0) is 19.3. The second-order valence-electron chi connectivity index (χ2n) is 6.19. The van der Waals surface area contributed by atoms with Gasteiger partial charge in [0, 0.05) is 25.8 Å². The SMILES string of the molecule is C=CC(=O)N[C@H](C=C)CN(C)c1cnc2[nH]cc(C(=O)NC(C)C)c2n1. The highest BCUT2D eigenvalue weighted by molar-refractivity contribution is 6.04. The van der Waals surface area contributed by atoms with E-state index in [-0.39, 0.29) is 23.9 Å². The number of carbonyl (C=O) groups excluding carboxylic acids is 2. The summed E-state index contributed by atoms with van der Waals surface area (Å²) < 4.78 is 0. The predicted octanol–water partition coefficient (Wildman–Crippen LogP) is 1.39. The first-order chi connectivity index (χ1) is 12.3. The van der Waals surface area contributed by atoms with Gasteiger partial charge in [-0.25, -0.2) is 9.97 Å². The number of anilines is 1. The number of hydrogen-bond donors (Lipinski definition) is 3. The molecular formula is C18H24N6O2. The molecule has 0 bridgehead atoms. The van der Waals surface area contributed by atoms with Crippen LogP contribution in [-0.2, 0) is 4.79 Å². The molecule has 0 spiro atoms. The maximum atomic E-state index is 12.3. The average molecular weight is 356 g/mol. The van der Waals surface area contributed by atoms with E-state index in [1.165, 1.54) is 6.08 Å². The highest BCUT2D eigenvalue weighted by Crippen LogP contribution is 2.18. The summed E-state index contributed by atoms with van der Waals surface area (Å²) in [5, 5.41) is 5.61. The largest absolute Gasteiger partial charge is 0.356 e. The van der Waals surface area contributed by atoms with Crippen LogP contribution in [0.2, 0.25) is 0 Å². The summed E-state index contributed by atoms with van der Waals surface area (Å²) in [4.78, 5) is 37.5. The highest BCUT2D eigenvalue weighted by atomic mass is 16.2. The molecule has 0 aliphatic carbocycles. The van der Waals surface area contributed by atoms with Gasteiger partial charge in [-0.05, 0) is 19.9 Å². The molecule has 0 fully saturated rings. The smallest absolute Gasteiger partial charge is 0.255 e. The van der Waals surface area contributed by atoms with E-state index >= 15 is 0 Å². The molecule has 2 heterocycles. The van der Waals surface area contributed by atoms with Crippen molar-refractivity contribution in [3.63, 3.8) is 0 Å². The van der Waals surface area contributed by atoms with Crippen LogP contribution in [0.1, 0.15) is 24.2 Å². The molecule has 0 saturated carbocycles. The maximum Gasteiger partial charge on any atom is 0.255 e. The summed E-state index contributed by atoms with van der Waals surface area (Å²) in [6, 6.07) is -0.258. The van der Waals surface area contributed by atoms with Crippen LogP contribution >= 0.6 is 0 Å². The third kappa shape index (κ3) is 4.47. The lowest BCUT2D eigenvalue weighted by Crippen LogP contribution is -2.41. The molecule has 0 aliphatic heterocycles. The minimum Gasteiger partial charge on any atom is -0.356 e. The molecule has 0 radical (unpaired) electrons. The van der Waals surface area contributed by atoms with Crippen LogP contribution in [0.3, 0.4) is 0 Å². The fraction of sp³-hybridized carbons (Fsp3) is 0.333. The van der Waals surface area contributed by atoms with Crippen LogP contribution in [-0.4, -0.2) is 52.4 Å². The van der Waals surface area contributed by atoms with Crippen molar-refractivity contribution in [1.82, 2.24) is 25.6 Å². The topological polar surface area (TPSA) is 103 Å². The third-order valence-electron chi connectivity index (χ3n) is 3.69. The van der Waals surface area contributed by atoms with E-state index in [4.69, 9.17) is 0 Å². The Labute approximate surface area is 152 Å². The molecule has 0 aromatic carbocycles. The quantitative estimate of drug-likeness (QED) is 0.490. The Morgan fingerprint density at radius 1 is 1.35 bits per heavy atom. The van der Waals surface area contributed by atoms with Crippen molar-refractivity contribution in [1.29, 1.82) is 0 Å². The van der Waals surface area contributed by atoms with Crippen LogP contribution in [0.4, 0.5) is 5.82 Å². The van der Waals surface area contributed by atoms with Crippen LogP contribution in [0.25, 0.3) is 11.2 Å². The lowest BCUT2D eigenvalue weighted by Gasteiger charge is -2.23. The van der Waals surface area contributed by atoms with Crippen LogP contribution in [0.5, 0.6) is 0 Å². The normalized spacial score (nSPS) is 11.8. The molecule has 0 unspecified atom stereocenters. The maximum absolute atomic E-state index is 12.3. The van der Waals surface area contributed by atoms with E-state index < -0.39 is 0 Å². The molecule has 8 nitrogen and oxygen atoms in total. The van der Waals surface area contributed by atoms with Crippen LogP contribution in [0, 0.1) is 0 Å². The number of likely N-dealkylation sites (N-methyl/N-ethyl adjacent to an activating group) is 1. The van der Waals surface area contributed by atoms with Crippen molar-refractivity contribution >= 4 is 28.8 Å². The Morgan fingerprint density at radius 2 is 2.08 bits per heavy atom. The van der Waals surface area contributed by atoms with Gasteiger partial charge < -0.3 is 20.5 Å². The highest BCUT2D eigenvalue weighted by Gasteiger charge is 2.17. The minimum absolute atomic E-state index is 0.0214. The van der Waals surface area contributed by atoms with Gasteiger partial charge in [-0.3, -0.25) is 9.59 Å². The van der Waals surface area contributed by atoms with E-state index in [9.17, 15) is 9.59 Å². The van der Waals surface area contributed by atoms with Gasteiger partial charge in [0.05, 0.1) is 17.8 Å². The van der Waals surface area contributed by atoms with Gasteiger partial charge in [-0.2, -0.15) is 0 Å². The van der Waals surface area contributed by atoms with Gasteiger partial charge in [0.25, 0.3) is 5.91 Å². The van der Waals surface area contributed by atoms with Gasteiger partial charge in [-0.1, -0.05) is 12.7 Å². The Morgan fingerprint density at radius 3 is 2.69 bits per heavy atom. The number of carbonyl (C=O) groups is 2. The van der Waals surface area contributed by atoms with Crippen molar-refractivity contribution in [3.8, 4) is 0 Å². The van der Waals surface area contributed by atoms with Crippen molar-refractivity contribution in [2.45, 2.75) is 25.9 Å². The number of nitrogens with one attached hydrogen (secondary N) is 3. The minimum atomic E-state index is -0.280. The van der Waals surface area contributed by atoms with Crippen LogP contribution in [0.15, 0.2) is 37.7 Å². The first-order valence-electron chi connectivity index (χ1n) is 8.27. The summed E-state index contributed by atoms with van der Waals surface area (Å²) in [7, 11) is 1.83. The molecule has 2 aromatic rings. The first-order valence-corrected chi connectivity index (χ1v) is 8.27. The van der Waals surface area contributed by atoms with Gasteiger partial charge in [0.15, 0.2) is 5.65 Å². The number of amides is 2. The molecule has 0 aliphatic rings. The van der Waals surface area contributed by atoms with Crippen molar-refractivity contribution in [2.75, 3.05) is 18.5 Å². The zero-order valence-electron chi connectivity index (χ0n) is 15.2. The molecule has 26 heavy (non-hydrogen) atoms. The van der Waals surface area contributed by atoms with E-state index in [1.54, 1.807) is 18.5 Å². The van der Waals surface area contributed by atoms with E-state index in [1.807, 2.05) is 25.8 Å². The lowest BCUT2D eigenvalue weighted by atomic mass is 10.2. The van der Waals surface area contributed by atoms with Crippen molar-refractivity contribution < 1.29 is 9.59 Å². The summed E-state index contributed by atoms with van der Waals surface area (Å²) in [6.45, 7) is 11.4. The van der Waals surface area contributed by atoms with Gasteiger partial charge in [-0.15, -0.1) is 6.58 Å². The Balaban J connectivity index is 2.23. The number of aromatic amines is 1. The van der Waals surface area contributed by atoms with Crippen molar-refractivity contribution in [3.05, 3.63) is 43.3 Å². The summed E-state index contributed by atoms with van der Waals surface area (Å²) in [5.74, 6) is 0.0982. The number of fused-ring (bicyclic) bond motifs is 1. The number of rotatable bonds is 8. The predicted molar refractivity (Wildman–Crippen MR) is 102 cm³/mol. The Kier molecular flexibility index (Phi) is 6.11. The average Bonchev–Trinajstić information content (AvgIpc) is 3.03. The van der Waals surface area contributed by atoms with Gasteiger partial charge in [0.1, 0.15) is 11.3 Å². The third-order valence-corrected chi connectivity index (χ3v) is 3.69. The molecule has 2 aromatic heterocycles. The Hall–Kier alpha value is -3.16. The number of nitrogens with zero attached hydrogens (tertiary/aromatic N) is 3. The molecule has 138 valence electrons. The fourth-order valence-corrected chi connectivity index (χ4v) is 2.39. The van der Waals surface area contributed by atoms with E-state index in [2.05, 4.69) is 38.7 Å².